The minimum Gasteiger partial charge on any atom is -0.344 e. The van der Waals surface area contributed by atoms with Gasteiger partial charge in [-0.2, -0.15) is 26.3 Å². The van der Waals surface area contributed by atoms with E-state index in [4.69, 9.17) is 11.6 Å². The Labute approximate surface area is 149 Å². The summed E-state index contributed by atoms with van der Waals surface area (Å²) in [5, 5.41) is 1.89. The topological polar surface area (TPSA) is 42.0 Å². The third-order valence-electron chi connectivity index (χ3n) is 3.43. The van der Waals surface area contributed by atoms with Crippen LogP contribution in [0.3, 0.4) is 0 Å². The van der Waals surface area contributed by atoms with Crippen LogP contribution in [0.1, 0.15) is 40.1 Å². The lowest BCUT2D eigenvalue weighted by Crippen LogP contribution is -2.29. The summed E-state index contributed by atoms with van der Waals surface area (Å²) in [7, 11) is 0. The molecule has 0 radical (unpaired) electrons. The van der Waals surface area contributed by atoms with Crippen molar-refractivity contribution in [1.29, 1.82) is 0 Å². The highest BCUT2D eigenvalue weighted by atomic mass is 35.5. The average molecular weight is 397 g/mol. The van der Waals surface area contributed by atoms with Crippen molar-refractivity contribution < 1.29 is 31.1 Å². The van der Waals surface area contributed by atoms with E-state index in [1.165, 1.54) is 13.0 Å². The highest BCUT2D eigenvalue weighted by Gasteiger charge is 2.35. The molecule has 1 N–H and O–H groups in total. The fourth-order valence-corrected chi connectivity index (χ4v) is 2.52. The van der Waals surface area contributed by atoms with E-state index >= 15 is 0 Å². The predicted molar refractivity (Wildman–Crippen MR) is 81.6 cm³/mol. The standard InChI is InChI=1S/C16H11ClF6N2O/c1-8(13-12(17)6-9(7-24-13)15(18,19)20)25-14(26)10-4-2-3-5-11(10)16(21,22)23/h2-8H,1H3,(H,25,26). The van der Waals surface area contributed by atoms with Crippen LogP contribution in [0.15, 0.2) is 36.5 Å². The van der Waals surface area contributed by atoms with Gasteiger partial charge in [-0.1, -0.05) is 23.7 Å². The lowest BCUT2D eigenvalue weighted by atomic mass is 10.1. The molecule has 1 heterocycles. The molecule has 10 heteroatoms. The van der Waals surface area contributed by atoms with Crippen molar-refractivity contribution >= 4 is 17.5 Å². The first kappa shape index (κ1) is 20.0. The van der Waals surface area contributed by atoms with Crippen LogP contribution in [0, 0.1) is 0 Å². The van der Waals surface area contributed by atoms with E-state index < -0.39 is 41.0 Å². The first-order valence-electron chi connectivity index (χ1n) is 7.11. The first-order valence-corrected chi connectivity index (χ1v) is 7.48. The van der Waals surface area contributed by atoms with E-state index in [9.17, 15) is 31.1 Å². The fraction of sp³-hybridized carbons (Fsp3) is 0.250. The Morgan fingerprint density at radius 3 is 2.27 bits per heavy atom. The Hall–Kier alpha value is -2.29. The summed E-state index contributed by atoms with van der Waals surface area (Å²) < 4.78 is 76.7. The molecule has 0 aliphatic rings. The molecule has 1 aromatic carbocycles. The van der Waals surface area contributed by atoms with Crippen molar-refractivity contribution in [3.8, 4) is 0 Å². The zero-order valence-electron chi connectivity index (χ0n) is 13.0. The monoisotopic (exact) mass is 396 g/mol. The number of halogens is 7. The SMILES string of the molecule is CC(NC(=O)c1ccccc1C(F)(F)F)c1ncc(C(F)(F)F)cc1Cl. The molecule has 2 rings (SSSR count). The number of nitrogens with one attached hydrogen (secondary N) is 1. The molecule has 0 saturated heterocycles. The Morgan fingerprint density at radius 2 is 1.73 bits per heavy atom. The van der Waals surface area contributed by atoms with E-state index in [0.29, 0.717) is 12.3 Å². The van der Waals surface area contributed by atoms with Gasteiger partial charge >= 0.3 is 12.4 Å². The van der Waals surface area contributed by atoms with Gasteiger partial charge in [0.05, 0.1) is 33.4 Å². The van der Waals surface area contributed by atoms with Crippen LogP contribution in [-0.2, 0) is 12.4 Å². The Morgan fingerprint density at radius 1 is 1.12 bits per heavy atom. The summed E-state index contributed by atoms with van der Waals surface area (Å²) in [5.41, 5.74) is -2.92. The number of hydrogen-bond acceptors (Lipinski definition) is 2. The summed E-state index contributed by atoms with van der Waals surface area (Å²) in [5.74, 6) is -1.05. The largest absolute Gasteiger partial charge is 0.417 e. The number of pyridine rings is 1. The molecule has 0 aliphatic heterocycles. The zero-order valence-corrected chi connectivity index (χ0v) is 13.8. The third-order valence-corrected chi connectivity index (χ3v) is 3.73. The molecular weight excluding hydrogens is 386 g/mol. The molecule has 0 fully saturated rings. The molecule has 1 aromatic heterocycles. The second kappa shape index (κ2) is 7.14. The first-order chi connectivity index (χ1) is 11.9. The van der Waals surface area contributed by atoms with Gasteiger partial charge < -0.3 is 5.32 Å². The zero-order chi connectivity index (χ0) is 19.7. The minimum atomic E-state index is -4.73. The second-order valence-electron chi connectivity index (χ2n) is 5.33. The molecule has 0 saturated carbocycles. The summed E-state index contributed by atoms with van der Waals surface area (Å²) in [6.07, 6.45) is -8.84. The maximum atomic E-state index is 13.0. The van der Waals surface area contributed by atoms with Crippen LogP contribution in [-0.4, -0.2) is 10.9 Å². The van der Waals surface area contributed by atoms with E-state index in [1.54, 1.807) is 0 Å². The number of carbonyl (C=O) groups excluding carboxylic acids is 1. The van der Waals surface area contributed by atoms with Crippen LogP contribution in [0.5, 0.6) is 0 Å². The van der Waals surface area contributed by atoms with Crippen molar-refractivity contribution in [3.05, 3.63) is 63.9 Å². The van der Waals surface area contributed by atoms with E-state index in [2.05, 4.69) is 10.3 Å². The maximum Gasteiger partial charge on any atom is 0.417 e. The maximum absolute atomic E-state index is 13.0. The molecule has 3 nitrogen and oxygen atoms in total. The molecule has 2 aromatic rings. The lowest BCUT2D eigenvalue weighted by molar-refractivity contribution is -0.138. The lowest BCUT2D eigenvalue weighted by Gasteiger charge is -2.18. The predicted octanol–water partition coefficient (Wildman–Crippen LogP) is 5.26. The van der Waals surface area contributed by atoms with Crippen LogP contribution in [0.2, 0.25) is 5.02 Å². The van der Waals surface area contributed by atoms with Crippen LogP contribution in [0.25, 0.3) is 0 Å². The number of nitrogens with zero attached hydrogens (tertiary/aromatic N) is 1. The Balaban J connectivity index is 2.26. The van der Waals surface area contributed by atoms with E-state index in [1.807, 2.05) is 0 Å². The molecule has 0 aliphatic carbocycles. The Bertz CT molecular complexity index is 819. The van der Waals surface area contributed by atoms with Crippen molar-refractivity contribution in [2.24, 2.45) is 0 Å². The molecule has 0 bridgehead atoms. The van der Waals surface area contributed by atoms with Gasteiger partial charge in [0.1, 0.15) is 0 Å². The molecular formula is C16H11ClF6N2O. The van der Waals surface area contributed by atoms with Gasteiger partial charge in [0.25, 0.3) is 5.91 Å². The van der Waals surface area contributed by atoms with Crippen molar-refractivity contribution in [1.82, 2.24) is 10.3 Å². The van der Waals surface area contributed by atoms with Gasteiger partial charge in [-0.25, -0.2) is 0 Å². The molecule has 26 heavy (non-hydrogen) atoms. The molecule has 1 atom stereocenters. The van der Waals surface area contributed by atoms with Gasteiger partial charge in [-0.05, 0) is 25.1 Å². The van der Waals surface area contributed by atoms with Crippen LogP contribution in [0.4, 0.5) is 26.3 Å². The number of alkyl halides is 6. The quantitative estimate of drug-likeness (QED) is 0.719. The van der Waals surface area contributed by atoms with Crippen molar-refractivity contribution in [2.75, 3.05) is 0 Å². The summed E-state index contributed by atoms with van der Waals surface area (Å²) in [6, 6.07) is 3.76. The van der Waals surface area contributed by atoms with Crippen molar-refractivity contribution in [3.63, 3.8) is 0 Å². The van der Waals surface area contributed by atoms with Gasteiger partial charge in [0.15, 0.2) is 0 Å². The highest BCUT2D eigenvalue weighted by molar-refractivity contribution is 6.31. The van der Waals surface area contributed by atoms with Crippen LogP contribution < -0.4 is 5.32 Å². The number of rotatable bonds is 3. The highest BCUT2D eigenvalue weighted by Crippen LogP contribution is 2.34. The number of benzene rings is 1. The van der Waals surface area contributed by atoms with Gasteiger partial charge in [-0.3, -0.25) is 9.78 Å². The van der Waals surface area contributed by atoms with Gasteiger partial charge in [0.2, 0.25) is 0 Å². The number of amides is 1. The van der Waals surface area contributed by atoms with Crippen LogP contribution >= 0.6 is 11.6 Å². The van der Waals surface area contributed by atoms with E-state index in [-0.39, 0.29) is 10.7 Å². The number of carbonyl (C=O) groups is 1. The minimum absolute atomic E-state index is 0.0995. The molecule has 1 amide bonds. The fourth-order valence-electron chi connectivity index (χ4n) is 2.19. The summed E-state index contributed by atoms with van der Waals surface area (Å²) in [4.78, 5) is 15.7. The van der Waals surface area contributed by atoms with Gasteiger partial charge in [-0.15, -0.1) is 0 Å². The molecule has 1 unspecified atom stereocenters. The molecule has 140 valence electrons. The Kier molecular flexibility index (Phi) is 5.50. The second-order valence-corrected chi connectivity index (χ2v) is 5.73. The normalized spacial score (nSPS) is 13.4. The summed E-state index contributed by atoms with van der Waals surface area (Å²) in [6.45, 7) is 1.34. The van der Waals surface area contributed by atoms with E-state index in [0.717, 1.165) is 18.2 Å². The smallest absolute Gasteiger partial charge is 0.344 e. The number of hydrogen-bond donors (Lipinski definition) is 1. The number of aromatic nitrogens is 1. The summed E-state index contributed by atoms with van der Waals surface area (Å²) >= 11 is 5.77. The van der Waals surface area contributed by atoms with Crippen molar-refractivity contribution in [2.45, 2.75) is 25.3 Å². The van der Waals surface area contributed by atoms with Gasteiger partial charge in [0, 0.05) is 6.20 Å². The molecule has 0 spiro atoms. The average Bonchev–Trinajstić information content (AvgIpc) is 2.52. The third kappa shape index (κ3) is 4.46.